The summed E-state index contributed by atoms with van der Waals surface area (Å²) in [4.78, 5) is 37.5. The van der Waals surface area contributed by atoms with E-state index >= 15 is 0 Å². The zero-order valence-corrected chi connectivity index (χ0v) is 18.6. The van der Waals surface area contributed by atoms with Gasteiger partial charge in [0, 0.05) is 24.7 Å². The highest BCUT2D eigenvalue weighted by Gasteiger charge is 2.61. The fourth-order valence-corrected chi connectivity index (χ4v) is 8.11. The molecule has 4 heteroatoms. The molecular formula is C27H34O4. The summed E-state index contributed by atoms with van der Waals surface area (Å²) >= 11 is 0. The van der Waals surface area contributed by atoms with Gasteiger partial charge < -0.3 is 4.74 Å². The summed E-state index contributed by atoms with van der Waals surface area (Å²) < 4.78 is 5.73. The standard InChI is InChI=1S/C27H34O4/c1-26-13-12-23-21(22(26)9-10-24(26)29)8-7-19-17-20(28)11-14-27(19,23)15-16-31-25(30)18-5-3-2-4-6-18/h2-6,19,21-23H,7-17H2,1H3/t19-,21-,22-,23-,26-,27+/m0/s1. The number of esters is 1. The molecule has 0 aliphatic heterocycles. The van der Waals surface area contributed by atoms with E-state index in [0.29, 0.717) is 60.3 Å². The Balaban J connectivity index is 1.36. The Bertz CT molecular complexity index is 876. The van der Waals surface area contributed by atoms with E-state index in [1.54, 1.807) is 12.1 Å². The van der Waals surface area contributed by atoms with E-state index in [-0.39, 0.29) is 16.8 Å². The van der Waals surface area contributed by atoms with Gasteiger partial charge in [0.1, 0.15) is 11.6 Å². The van der Waals surface area contributed by atoms with Gasteiger partial charge in [0.05, 0.1) is 12.2 Å². The zero-order valence-electron chi connectivity index (χ0n) is 18.6. The third kappa shape index (κ3) is 3.37. The average molecular weight is 423 g/mol. The van der Waals surface area contributed by atoms with Crippen LogP contribution in [0.4, 0.5) is 0 Å². The zero-order chi connectivity index (χ0) is 21.6. The largest absolute Gasteiger partial charge is 0.462 e. The molecule has 166 valence electrons. The lowest BCUT2D eigenvalue weighted by Crippen LogP contribution is -2.55. The molecule has 1 aromatic rings. The van der Waals surface area contributed by atoms with E-state index in [0.717, 1.165) is 51.4 Å². The number of ketones is 2. The Labute approximate surface area is 185 Å². The number of hydrogen-bond donors (Lipinski definition) is 0. The Morgan fingerprint density at radius 1 is 1.00 bits per heavy atom. The lowest BCUT2D eigenvalue weighted by atomic mass is 9.44. The van der Waals surface area contributed by atoms with E-state index in [1.807, 2.05) is 18.2 Å². The minimum absolute atomic E-state index is 0.0841. The minimum atomic E-state index is -0.259. The van der Waals surface area contributed by atoms with E-state index in [4.69, 9.17) is 4.74 Å². The van der Waals surface area contributed by atoms with Crippen molar-refractivity contribution in [1.29, 1.82) is 0 Å². The topological polar surface area (TPSA) is 60.4 Å². The maximum Gasteiger partial charge on any atom is 0.338 e. The molecule has 0 heterocycles. The van der Waals surface area contributed by atoms with Crippen molar-refractivity contribution < 1.29 is 19.1 Å². The molecule has 4 fully saturated rings. The molecule has 0 amide bonds. The Morgan fingerprint density at radius 2 is 1.81 bits per heavy atom. The number of hydrogen-bond acceptors (Lipinski definition) is 4. The van der Waals surface area contributed by atoms with Crippen molar-refractivity contribution in [3.8, 4) is 0 Å². The second-order valence-corrected chi connectivity index (χ2v) is 10.8. The summed E-state index contributed by atoms with van der Waals surface area (Å²) in [6.45, 7) is 2.64. The third-order valence-electron chi connectivity index (χ3n) is 9.70. The van der Waals surface area contributed by atoms with Crippen molar-refractivity contribution in [2.45, 2.75) is 71.1 Å². The van der Waals surface area contributed by atoms with Crippen LogP contribution in [0.5, 0.6) is 0 Å². The fraction of sp³-hybridized carbons (Fsp3) is 0.667. The number of carbonyl (C=O) groups is 3. The van der Waals surface area contributed by atoms with Gasteiger partial charge in [-0.3, -0.25) is 9.59 Å². The maximum atomic E-state index is 12.7. The van der Waals surface area contributed by atoms with Crippen LogP contribution in [0, 0.1) is 34.5 Å². The molecule has 5 rings (SSSR count). The Morgan fingerprint density at radius 3 is 2.61 bits per heavy atom. The SMILES string of the molecule is C[C@]12CC[C@H]3[C@@H](CC[C@H]4CC(=O)CC[C@@]43CCOC(=O)c3ccccc3)[C@@H]1CCC2=O. The van der Waals surface area contributed by atoms with Crippen molar-refractivity contribution in [2.75, 3.05) is 6.61 Å². The van der Waals surface area contributed by atoms with E-state index in [1.165, 1.54) is 0 Å². The van der Waals surface area contributed by atoms with Crippen LogP contribution in [0.25, 0.3) is 0 Å². The molecule has 1 aromatic carbocycles. The first-order chi connectivity index (χ1) is 14.9. The van der Waals surface area contributed by atoms with Crippen LogP contribution in [0.15, 0.2) is 30.3 Å². The molecule has 6 atom stereocenters. The van der Waals surface area contributed by atoms with Gasteiger partial charge in [0.15, 0.2) is 0 Å². The van der Waals surface area contributed by atoms with Crippen LogP contribution in [0.3, 0.4) is 0 Å². The predicted octanol–water partition coefficient (Wildman–Crippen LogP) is 5.39. The molecule has 4 aliphatic rings. The summed E-state index contributed by atoms with van der Waals surface area (Å²) in [5, 5.41) is 0. The molecule has 0 N–H and O–H groups in total. The van der Waals surface area contributed by atoms with Crippen LogP contribution in [0.2, 0.25) is 0 Å². The number of ether oxygens (including phenoxy) is 1. The second-order valence-electron chi connectivity index (χ2n) is 10.8. The van der Waals surface area contributed by atoms with Gasteiger partial charge in [-0.2, -0.15) is 0 Å². The summed E-state index contributed by atoms with van der Waals surface area (Å²) in [7, 11) is 0. The van der Waals surface area contributed by atoms with Crippen molar-refractivity contribution in [1.82, 2.24) is 0 Å². The Kier molecular flexibility index (Phi) is 5.30. The van der Waals surface area contributed by atoms with Crippen molar-refractivity contribution in [2.24, 2.45) is 34.5 Å². The fourth-order valence-electron chi connectivity index (χ4n) is 8.11. The average Bonchev–Trinajstić information content (AvgIpc) is 3.09. The maximum absolute atomic E-state index is 12.7. The molecule has 0 spiro atoms. The first kappa shape index (κ1) is 20.9. The first-order valence-corrected chi connectivity index (χ1v) is 12.2. The lowest BCUT2D eigenvalue weighted by Gasteiger charge is -2.60. The van der Waals surface area contributed by atoms with Gasteiger partial charge in [0.2, 0.25) is 0 Å². The highest BCUT2D eigenvalue weighted by atomic mass is 16.5. The van der Waals surface area contributed by atoms with Crippen molar-refractivity contribution in [3.05, 3.63) is 35.9 Å². The number of fused-ring (bicyclic) bond motifs is 5. The minimum Gasteiger partial charge on any atom is -0.462 e. The van der Waals surface area contributed by atoms with Crippen LogP contribution < -0.4 is 0 Å². The normalized spacial score (nSPS) is 39.4. The highest BCUT2D eigenvalue weighted by Crippen LogP contribution is 2.66. The number of rotatable bonds is 4. The van der Waals surface area contributed by atoms with Gasteiger partial charge in [-0.05, 0) is 86.2 Å². The van der Waals surface area contributed by atoms with Crippen molar-refractivity contribution in [3.63, 3.8) is 0 Å². The van der Waals surface area contributed by atoms with Crippen LogP contribution >= 0.6 is 0 Å². The number of benzene rings is 1. The van der Waals surface area contributed by atoms with Gasteiger partial charge in [-0.1, -0.05) is 25.1 Å². The molecule has 31 heavy (non-hydrogen) atoms. The molecule has 0 bridgehead atoms. The molecule has 0 aromatic heterocycles. The summed E-state index contributed by atoms with van der Waals surface area (Å²) in [6, 6.07) is 9.18. The molecule has 0 saturated heterocycles. The van der Waals surface area contributed by atoms with Crippen molar-refractivity contribution >= 4 is 17.5 Å². The van der Waals surface area contributed by atoms with Gasteiger partial charge >= 0.3 is 5.97 Å². The summed E-state index contributed by atoms with van der Waals surface area (Å²) in [5.41, 5.74) is 0.551. The monoisotopic (exact) mass is 422 g/mol. The number of Topliss-reactive ketones (excluding diaryl/α,β-unsaturated/α-hetero) is 2. The molecule has 0 unspecified atom stereocenters. The van der Waals surface area contributed by atoms with E-state index in [2.05, 4.69) is 6.92 Å². The molecule has 4 saturated carbocycles. The van der Waals surface area contributed by atoms with Crippen LogP contribution in [-0.2, 0) is 14.3 Å². The van der Waals surface area contributed by atoms with Crippen LogP contribution in [-0.4, -0.2) is 24.1 Å². The molecule has 4 nitrogen and oxygen atoms in total. The molecule has 4 aliphatic carbocycles. The molecular weight excluding hydrogens is 388 g/mol. The molecule has 0 radical (unpaired) electrons. The Hall–Kier alpha value is -1.97. The smallest absolute Gasteiger partial charge is 0.338 e. The number of carbonyl (C=O) groups excluding carboxylic acids is 3. The summed E-state index contributed by atoms with van der Waals surface area (Å²) in [6.07, 6.45) is 9.23. The highest BCUT2D eigenvalue weighted by molar-refractivity contribution is 5.89. The van der Waals surface area contributed by atoms with E-state index < -0.39 is 0 Å². The van der Waals surface area contributed by atoms with Crippen LogP contribution in [0.1, 0.15) is 81.5 Å². The summed E-state index contributed by atoms with van der Waals surface area (Å²) in [5.74, 6) is 2.66. The second kappa shape index (κ2) is 7.86. The van der Waals surface area contributed by atoms with E-state index in [9.17, 15) is 14.4 Å². The lowest BCUT2D eigenvalue weighted by molar-refractivity contribution is -0.150. The quantitative estimate of drug-likeness (QED) is 0.610. The first-order valence-electron chi connectivity index (χ1n) is 12.2. The van der Waals surface area contributed by atoms with Gasteiger partial charge in [0.25, 0.3) is 0 Å². The van der Waals surface area contributed by atoms with Gasteiger partial charge in [-0.15, -0.1) is 0 Å². The predicted molar refractivity (Wildman–Crippen MR) is 117 cm³/mol. The third-order valence-corrected chi connectivity index (χ3v) is 9.70. The van der Waals surface area contributed by atoms with Gasteiger partial charge in [-0.25, -0.2) is 4.79 Å².